The molecule has 0 bridgehead atoms. The number of nitrogens with one attached hydrogen (secondary N) is 1. The van der Waals surface area contributed by atoms with E-state index in [0.717, 1.165) is 6.07 Å². The molecule has 1 amide bonds. The van der Waals surface area contributed by atoms with Gasteiger partial charge in [0.1, 0.15) is 5.82 Å². The Bertz CT molecular complexity index is 728. The monoisotopic (exact) mass is 369 g/mol. The van der Waals surface area contributed by atoms with Crippen LogP contribution in [0.1, 0.15) is 19.8 Å². The summed E-state index contributed by atoms with van der Waals surface area (Å²) in [5.74, 6) is 0.0270. The zero-order valence-corrected chi connectivity index (χ0v) is 15.1. The lowest BCUT2D eigenvalue weighted by Gasteiger charge is -2.33. The Kier molecular flexibility index (Phi) is 5.41. The fraction of sp³-hybridized carbons (Fsp3) is 0.588. The van der Waals surface area contributed by atoms with Crippen molar-refractivity contribution in [3.8, 4) is 0 Å². The number of sulfonamides is 1. The van der Waals surface area contributed by atoms with Crippen molar-refractivity contribution in [2.45, 2.75) is 30.7 Å². The fourth-order valence-corrected chi connectivity index (χ4v) is 4.58. The van der Waals surface area contributed by atoms with Gasteiger partial charge in [-0.3, -0.25) is 9.69 Å². The number of piperazine rings is 1. The van der Waals surface area contributed by atoms with Gasteiger partial charge < -0.3 is 5.32 Å². The highest BCUT2D eigenvalue weighted by atomic mass is 32.2. The highest BCUT2D eigenvalue weighted by Crippen LogP contribution is 2.32. The summed E-state index contributed by atoms with van der Waals surface area (Å²) in [4.78, 5) is 14.0. The highest BCUT2D eigenvalue weighted by Gasteiger charge is 2.31. The summed E-state index contributed by atoms with van der Waals surface area (Å²) in [5, 5.41) is 3.01. The summed E-state index contributed by atoms with van der Waals surface area (Å²) >= 11 is 0. The smallest absolute Gasteiger partial charge is 0.243 e. The first-order valence-corrected chi connectivity index (χ1v) is 10.1. The molecule has 2 fully saturated rings. The van der Waals surface area contributed by atoms with Crippen molar-refractivity contribution in [1.82, 2.24) is 14.5 Å². The number of benzene rings is 1. The molecular weight excluding hydrogens is 345 g/mol. The molecule has 0 spiro atoms. The lowest BCUT2D eigenvalue weighted by atomic mass is 10.2. The van der Waals surface area contributed by atoms with E-state index >= 15 is 0 Å². The SMILES string of the molecule is C[C@H](NC(=O)CN1CCN(S(=O)(=O)c2cccc(F)c2)CC1)C1CC1. The second-order valence-electron chi connectivity index (χ2n) is 6.83. The summed E-state index contributed by atoms with van der Waals surface area (Å²) in [5.41, 5.74) is 0. The molecule has 1 aromatic carbocycles. The molecule has 1 heterocycles. The largest absolute Gasteiger partial charge is 0.352 e. The molecule has 8 heteroatoms. The van der Waals surface area contributed by atoms with Crippen LogP contribution in [0, 0.1) is 11.7 Å². The zero-order chi connectivity index (χ0) is 18.0. The Morgan fingerprint density at radius 1 is 1.28 bits per heavy atom. The van der Waals surface area contributed by atoms with Crippen LogP contribution in [-0.4, -0.2) is 62.3 Å². The van der Waals surface area contributed by atoms with E-state index in [1.54, 1.807) is 0 Å². The van der Waals surface area contributed by atoms with Crippen molar-refractivity contribution in [2.24, 2.45) is 5.92 Å². The van der Waals surface area contributed by atoms with E-state index in [0.29, 0.717) is 32.1 Å². The molecule has 25 heavy (non-hydrogen) atoms. The first-order valence-electron chi connectivity index (χ1n) is 8.64. The van der Waals surface area contributed by atoms with Gasteiger partial charge in [-0.15, -0.1) is 0 Å². The van der Waals surface area contributed by atoms with Gasteiger partial charge in [0.15, 0.2) is 0 Å². The van der Waals surface area contributed by atoms with Crippen LogP contribution in [0.3, 0.4) is 0 Å². The summed E-state index contributed by atoms with van der Waals surface area (Å²) in [6.07, 6.45) is 2.36. The maximum Gasteiger partial charge on any atom is 0.243 e. The van der Waals surface area contributed by atoms with Crippen LogP contribution in [-0.2, 0) is 14.8 Å². The topological polar surface area (TPSA) is 69.7 Å². The molecule has 6 nitrogen and oxygen atoms in total. The standard InChI is InChI=1S/C17H24FN3O3S/c1-13(14-5-6-14)19-17(22)12-20-7-9-21(10-8-20)25(23,24)16-4-2-3-15(18)11-16/h2-4,11,13-14H,5-10,12H2,1H3,(H,19,22)/t13-/m0/s1. The summed E-state index contributed by atoms with van der Waals surface area (Å²) in [7, 11) is -3.69. The lowest BCUT2D eigenvalue weighted by Crippen LogP contribution is -2.51. The third kappa shape index (κ3) is 4.56. The molecule has 0 radical (unpaired) electrons. The van der Waals surface area contributed by atoms with Gasteiger partial charge in [0.2, 0.25) is 15.9 Å². The van der Waals surface area contributed by atoms with Gasteiger partial charge >= 0.3 is 0 Å². The van der Waals surface area contributed by atoms with E-state index in [2.05, 4.69) is 5.32 Å². The molecule has 1 aromatic rings. The summed E-state index contributed by atoms with van der Waals surface area (Å²) < 4.78 is 39.8. The second kappa shape index (κ2) is 7.39. The predicted octanol–water partition coefficient (Wildman–Crippen LogP) is 1.05. The Balaban J connectivity index is 1.52. The molecule has 1 atom stereocenters. The Morgan fingerprint density at radius 3 is 2.56 bits per heavy atom. The molecule has 1 saturated carbocycles. The molecule has 0 unspecified atom stereocenters. The maximum atomic E-state index is 13.3. The predicted molar refractivity (Wildman–Crippen MR) is 91.9 cm³/mol. The van der Waals surface area contributed by atoms with Gasteiger partial charge in [-0.05, 0) is 43.9 Å². The molecule has 1 saturated heterocycles. The van der Waals surface area contributed by atoms with E-state index in [4.69, 9.17) is 0 Å². The van der Waals surface area contributed by atoms with Crippen molar-refractivity contribution in [1.29, 1.82) is 0 Å². The molecular formula is C17H24FN3O3S. The Labute approximate surface area is 148 Å². The lowest BCUT2D eigenvalue weighted by molar-refractivity contribution is -0.123. The average molecular weight is 369 g/mol. The van der Waals surface area contributed by atoms with E-state index in [9.17, 15) is 17.6 Å². The van der Waals surface area contributed by atoms with Crippen molar-refractivity contribution in [2.75, 3.05) is 32.7 Å². The Hall–Kier alpha value is -1.51. The molecule has 0 aromatic heterocycles. The van der Waals surface area contributed by atoms with Crippen LogP contribution in [0.25, 0.3) is 0 Å². The average Bonchev–Trinajstić information content (AvgIpc) is 3.40. The van der Waals surface area contributed by atoms with Crippen molar-refractivity contribution < 1.29 is 17.6 Å². The summed E-state index contributed by atoms with van der Waals surface area (Å²) in [6.45, 7) is 3.87. The van der Waals surface area contributed by atoms with Gasteiger partial charge in [0, 0.05) is 32.2 Å². The summed E-state index contributed by atoms with van der Waals surface area (Å²) in [6, 6.07) is 5.26. The number of hydrogen-bond acceptors (Lipinski definition) is 4. The van der Waals surface area contributed by atoms with Crippen LogP contribution >= 0.6 is 0 Å². The highest BCUT2D eigenvalue weighted by molar-refractivity contribution is 7.89. The number of halogens is 1. The number of hydrogen-bond donors (Lipinski definition) is 1. The van der Waals surface area contributed by atoms with E-state index < -0.39 is 15.8 Å². The van der Waals surface area contributed by atoms with Gasteiger partial charge in [-0.2, -0.15) is 4.31 Å². The molecule has 2 aliphatic rings. The van der Waals surface area contributed by atoms with Crippen LogP contribution in [0.15, 0.2) is 29.2 Å². The van der Waals surface area contributed by atoms with Crippen LogP contribution in [0.4, 0.5) is 4.39 Å². The molecule has 3 rings (SSSR count). The van der Waals surface area contributed by atoms with E-state index in [1.807, 2.05) is 11.8 Å². The van der Waals surface area contributed by atoms with Gasteiger partial charge in [0.05, 0.1) is 11.4 Å². The van der Waals surface area contributed by atoms with E-state index in [1.165, 1.54) is 35.3 Å². The number of amides is 1. The molecule has 1 aliphatic heterocycles. The van der Waals surface area contributed by atoms with Gasteiger partial charge in [0.25, 0.3) is 0 Å². The van der Waals surface area contributed by atoms with Crippen LogP contribution in [0.5, 0.6) is 0 Å². The zero-order valence-electron chi connectivity index (χ0n) is 14.3. The molecule has 1 N–H and O–H groups in total. The number of carbonyl (C=O) groups excluding carboxylic acids is 1. The second-order valence-corrected chi connectivity index (χ2v) is 8.77. The fourth-order valence-electron chi connectivity index (χ4n) is 3.12. The normalized spacial score (nSPS) is 21.0. The van der Waals surface area contributed by atoms with Crippen LogP contribution in [0.2, 0.25) is 0 Å². The van der Waals surface area contributed by atoms with Gasteiger partial charge in [-0.25, -0.2) is 12.8 Å². The van der Waals surface area contributed by atoms with Gasteiger partial charge in [-0.1, -0.05) is 6.07 Å². The molecule has 138 valence electrons. The van der Waals surface area contributed by atoms with Crippen LogP contribution < -0.4 is 5.32 Å². The first-order chi connectivity index (χ1) is 11.9. The quantitative estimate of drug-likeness (QED) is 0.814. The number of carbonyl (C=O) groups is 1. The number of nitrogens with zero attached hydrogens (tertiary/aromatic N) is 2. The number of rotatable bonds is 6. The maximum absolute atomic E-state index is 13.3. The minimum Gasteiger partial charge on any atom is -0.352 e. The van der Waals surface area contributed by atoms with Crippen molar-refractivity contribution >= 4 is 15.9 Å². The van der Waals surface area contributed by atoms with E-state index in [-0.39, 0.29) is 23.4 Å². The minimum atomic E-state index is -3.69. The third-order valence-electron chi connectivity index (χ3n) is 4.85. The minimum absolute atomic E-state index is 0.0131. The van der Waals surface area contributed by atoms with Crippen molar-refractivity contribution in [3.05, 3.63) is 30.1 Å². The first kappa shape index (κ1) is 18.3. The third-order valence-corrected chi connectivity index (χ3v) is 6.74. The van der Waals surface area contributed by atoms with Crippen molar-refractivity contribution in [3.63, 3.8) is 0 Å². The Morgan fingerprint density at radius 2 is 1.96 bits per heavy atom. The molecule has 1 aliphatic carbocycles.